The lowest BCUT2D eigenvalue weighted by molar-refractivity contribution is 0.153. The number of rotatable bonds is 0. The van der Waals surface area contributed by atoms with Crippen LogP contribution in [0.4, 0.5) is 0 Å². The molecule has 0 aromatic carbocycles. The zero-order chi connectivity index (χ0) is 8.06. The highest BCUT2D eigenvalue weighted by Crippen LogP contribution is 2.58. The fourth-order valence-electron chi connectivity index (χ4n) is 2.25. The molecule has 2 atom stereocenters. The first-order valence-corrected chi connectivity index (χ1v) is 4.99. The normalized spacial score (nSPS) is 41.1. The van der Waals surface area contributed by atoms with E-state index in [4.69, 9.17) is 23.2 Å². The maximum absolute atomic E-state index is 6.22. The summed E-state index contributed by atoms with van der Waals surface area (Å²) in [6.07, 6.45) is 4.89. The van der Waals surface area contributed by atoms with E-state index in [-0.39, 0.29) is 10.8 Å². The van der Waals surface area contributed by atoms with Crippen molar-refractivity contribution in [2.75, 3.05) is 0 Å². The molecule has 0 amide bonds. The summed E-state index contributed by atoms with van der Waals surface area (Å²) in [7, 11) is 0. The zero-order valence-electron chi connectivity index (χ0n) is 6.45. The molecular weight excluding hydrogens is 179 g/mol. The van der Waals surface area contributed by atoms with E-state index in [1.54, 1.807) is 0 Å². The molecule has 62 valence electrons. The molecule has 0 bridgehead atoms. The predicted molar refractivity (Wildman–Crippen MR) is 49.3 cm³/mol. The second-order valence-electron chi connectivity index (χ2n) is 3.85. The van der Waals surface area contributed by atoms with Gasteiger partial charge in [0.05, 0.1) is 10.8 Å². The van der Waals surface area contributed by atoms with Crippen LogP contribution in [0.25, 0.3) is 0 Å². The van der Waals surface area contributed by atoms with E-state index >= 15 is 0 Å². The summed E-state index contributed by atoms with van der Waals surface area (Å²) in [6, 6.07) is 0. The van der Waals surface area contributed by atoms with E-state index in [2.05, 4.69) is 6.58 Å². The van der Waals surface area contributed by atoms with Crippen LogP contribution in [0.1, 0.15) is 25.7 Å². The molecule has 0 aromatic heterocycles. The third-order valence-corrected chi connectivity index (χ3v) is 4.56. The standard InChI is InChI=1S/C9H12Cl2/c1-6-5-9(3-2-4-9)8(11)7(6)10/h7-8H,1-5H2. The van der Waals surface area contributed by atoms with Gasteiger partial charge in [0.25, 0.3) is 0 Å². The van der Waals surface area contributed by atoms with Gasteiger partial charge in [-0.05, 0) is 24.7 Å². The number of allylic oxidation sites excluding steroid dienone is 1. The third kappa shape index (κ3) is 0.957. The first-order valence-electron chi connectivity index (χ1n) is 4.11. The first-order chi connectivity index (χ1) is 5.16. The Bertz CT molecular complexity index is 194. The Morgan fingerprint density at radius 3 is 2.18 bits per heavy atom. The summed E-state index contributed by atoms with van der Waals surface area (Å²) in [5.74, 6) is 0. The van der Waals surface area contributed by atoms with E-state index < -0.39 is 0 Å². The molecule has 2 aliphatic carbocycles. The van der Waals surface area contributed by atoms with Gasteiger partial charge in [0.1, 0.15) is 0 Å². The van der Waals surface area contributed by atoms with E-state index in [0.717, 1.165) is 12.0 Å². The average molecular weight is 191 g/mol. The van der Waals surface area contributed by atoms with E-state index in [1.807, 2.05) is 0 Å². The van der Waals surface area contributed by atoms with Gasteiger partial charge in [0.15, 0.2) is 0 Å². The first kappa shape index (κ1) is 7.94. The Kier molecular flexibility index (Phi) is 1.73. The molecule has 0 saturated heterocycles. The summed E-state index contributed by atoms with van der Waals surface area (Å²) < 4.78 is 0. The van der Waals surface area contributed by atoms with Crippen molar-refractivity contribution >= 4 is 23.2 Å². The van der Waals surface area contributed by atoms with Crippen LogP contribution < -0.4 is 0 Å². The molecular formula is C9H12Cl2. The molecule has 0 nitrogen and oxygen atoms in total. The minimum absolute atomic E-state index is 0.0250. The monoisotopic (exact) mass is 190 g/mol. The Morgan fingerprint density at radius 1 is 1.36 bits per heavy atom. The predicted octanol–water partition coefficient (Wildman–Crippen LogP) is 3.33. The summed E-state index contributed by atoms with van der Waals surface area (Å²) in [5, 5.41) is 0.169. The quantitative estimate of drug-likeness (QED) is 0.407. The molecule has 2 heteroatoms. The van der Waals surface area contributed by atoms with Gasteiger partial charge in [0.2, 0.25) is 0 Å². The summed E-state index contributed by atoms with van der Waals surface area (Å²) in [5.41, 5.74) is 1.50. The molecule has 1 spiro atoms. The fourth-order valence-corrected chi connectivity index (χ4v) is 3.07. The Balaban J connectivity index is 2.20. The van der Waals surface area contributed by atoms with Crippen LogP contribution in [0.3, 0.4) is 0 Å². The van der Waals surface area contributed by atoms with E-state index in [1.165, 1.54) is 19.3 Å². The number of halogens is 2. The van der Waals surface area contributed by atoms with Gasteiger partial charge in [-0.2, -0.15) is 0 Å². The van der Waals surface area contributed by atoms with Gasteiger partial charge in [-0.15, -0.1) is 23.2 Å². The minimum Gasteiger partial charge on any atom is -0.120 e. The molecule has 0 heterocycles. The van der Waals surface area contributed by atoms with Crippen molar-refractivity contribution < 1.29 is 0 Å². The Morgan fingerprint density at radius 2 is 2.00 bits per heavy atom. The smallest absolute Gasteiger partial charge is 0.0712 e. The molecule has 0 radical (unpaired) electrons. The van der Waals surface area contributed by atoms with Crippen molar-refractivity contribution in [1.82, 2.24) is 0 Å². The van der Waals surface area contributed by atoms with Gasteiger partial charge < -0.3 is 0 Å². The topological polar surface area (TPSA) is 0 Å². The van der Waals surface area contributed by atoms with Crippen LogP contribution in [-0.2, 0) is 0 Å². The summed E-state index contributed by atoms with van der Waals surface area (Å²) >= 11 is 12.3. The summed E-state index contributed by atoms with van der Waals surface area (Å²) in [6.45, 7) is 3.95. The van der Waals surface area contributed by atoms with Crippen molar-refractivity contribution in [2.45, 2.75) is 36.4 Å². The van der Waals surface area contributed by atoms with Crippen molar-refractivity contribution in [3.8, 4) is 0 Å². The molecule has 2 fully saturated rings. The maximum atomic E-state index is 6.22. The highest BCUT2D eigenvalue weighted by molar-refractivity contribution is 6.32. The van der Waals surface area contributed by atoms with Gasteiger partial charge >= 0.3 is 0 Å². The molecule has 2 aliphatic rings. The molecule has 2 unspecified atom stereocenters. The lowest BCUT2D eigenvalue weighted by atomic mass is 9.67. The second-order valence-corrected chi connectivity index (χ2v) is 4.79. The van der Waals surface area contributed by atoms with Crippen LogP contribution in [-0.4, -0.2) is 10.8 Å². The second kappa shape index (κ2) is 2.40. The zero-order valence-corrected chi connectivity index (χ0v) is 7.96. The maximum Gasteiger partial charge on any atom is 0.0712 e. The molecule has 2 rings (SSSR count). The highest BCUT2D eigenvalue weighted by atomic mass is 35.5. The Labute approximate surface area is 77.6 Å². The van der Waals surface area contributed by atoms with Crippen LogP contribution >= 0.6 is 23.2 Å². The van der Waals surface area contributed by atoms with Crippen LogP contribution in [0.15, 0.2) is 12.2 Å². The van der Waals surface area contributed by atoms with Gasteiger partial charge in [-0.25, -0.2) is 0 Å². The van der Waals surface area contributed by atoms with Crippen molar-refractivity contribution in [1.29, 1.82) is 0 Å². The lowest BCUT2D eigenvalue weighted by Gasteiger charge is -2.41. The van der Waals surface area contributed by atoms with Crippen molar-refractivity contribution in [2.24, 2.45) is 5.41 Å². The van der Waals surface area contributed by atoms with Crippen molar-refractivity contribution in [3.63, 3.8) is 0 Å². The van der Waals surface area contributed by atoms with Gasteiger partial charge in [-0.1, -0.05) is 18.6 Å². The SMILES string of the molecule is C=C1CC2(CCC2)C(Cl)C1Cl. The molecule has 0 aromatic rings. The molecule has 2 saturated carbocycles. The van der Waals surface area contributed by atoms with Crippen LogP contribution in [0.2, 0.25) is 0 Å². The van der Waals surface area contributed by atoms with Gasteiger partial charge in [-0.3, -0.25) is 0 Å². The lowest BCUT2D eigenvalue weighted by Crippen LogP contribution is -2.36. The Hall–Kier alpha value is 0.320. The number of alkyl halides is 2. The van der Waals surface area contributed by atoms with Crippen molar-refractivity contribution in [3.05, 3.63) is 12.2 Å². The van der Waals surface area contributed by atoms with Crippen LogP contribution in [0.5, 0.6) is 0 Å². The largest absolute Gasteiger partial charge is 0.120 e. The fraction of sp³-hybridized carbons (Fsp3) is 0.778. The highest BCUT2D eigenvalue weighted by Gasteiger charge is 2.52. The number of hydrogen-bond donors (Lipinski definition) is 0. The number of hydrogen-bond acceptors (Lipinski definition) is 0. The third-order valence-electron chi connectivity index (χ3n) is 3.16. The summed E-state index contributed by atoms with van der Waals surface area (Å²) in [4.78, 5) is 0. The molecule has 11 heavy (non-hydrogen) atoms. The van der Waals surface area contributed by atoms with E-state index in [9.17, 15) is 0 Å². The van der Waals surface area contributed by atoms with Crippen LogP contribution in [0, 0.1) is 5.41 Å². The molecule has 0 aliphatic heterocycles. The molecule has 0 N–H and O–H groups in total. The van der Waals surface area contributed by atoms with Gasteiger partial charge in [0, 0.05) is 0 Å². The van der Waals surface area contributed by atoms with E-state index in [0.29, 0.717) is 5.41 Å². The minimum atomic E-state index is 0.0250. The average Bonchev–Trinajstić information content (AvgIpc) is 2.12.